The van der Waals surface area contributed by atoms with Gasteiger partial charge in [-0.2, -0.15) is 0 Å². The van der Waals surface area contributed by atoms with Gasteiger partial charge in [0.2, 0.25) is 5.91 Å². The molecule has 2 atom stereocenters. The number of ether oxygens (including phenoxy) is 2. The molecule has 5 heteroatoms. The maximum atomic E-state index is 13.4. The molecule has 1 amide bonds. The third-order valence-corrected chi connectivity index (χ3v) is 5.69. The number of hydrogen-bond donors (Lipinski definition) is 1. The van der Waals surface area contributed by atoms with E-state index in [1.54, 1.807) is 0 Å². The molecule has 0 aromatic heterocycles. The van der Waals surface area contributed by atoms with Crippen LogP contribution in [0.5, 0.6) is 11.5 Å². The molecule has 3 aliphatic heterocycles. The van der Waals surface area contributed by atoms with Crippen LogP contribution in [0.4, 0.5) is 0 Å². The second-order valence-corrected chi connectivity index (χ2v) is 7.57. The highest BCUT2D eigenvalue weighted by atomic mass is 16.6. The Balaban J connectivity index is 1.63. The van der Waals surface area contributed by atoms with E-state index in [0.717, 1.165) is 49.4 Å². The largest absolute Gasteiger partial charge is 0.486 e. The average Bonchev–Trinajstić information content (AvgIpc) is 2.86. The Bertz CT molecular complexity index is 629. The zero-order valence-electron chi connectivity index (χ0n) is 14.5. The van der Waals surface area contributed by atoms with E-state index in [1.807, 2.05) is 32.0 Å². The van der Waals surface area contributed by atoms with Crippen LogP contribution in [0.1, 0.15) is 38.7 Å². The van der Waals surface area contributed by atoms with Crippen molar-refractivity contribution in [1.29, 1.82) is 0 Å². The van der Waals surface area contributed by atoms with E-state index < -0.39 is 5.41 Å². The van der Waals surface area contributed by atoms with Gasteiger partial charge in [-0.1, -0.05) is 6.07 Å². The molecule has 5 nitrogen and oxygen atoms in total. The Morgan fingerprint density at radius 1 is 1.12 bits per heavy atom. The van der Waals surface area contributed by atoms with Crippen LogP contribution in [-0.4, -0.2) is 49.2 Å². The minimum Gasteiger partial charge on any atom is -0.486 e. The lowest BCUT2D eigenvalue weighted by Crippen LogP contribution is -2.50. The first-order valence-electron chi connectivity index (χ1n) is 9.01. The van der Waals surface area contributed by atoms with E-state index in [4.69, 9.17) is 9.47 Å². The lowest BCUT2D eigenvalue weighted by Gasteiger charge is -2.36. The van der Waals surface area contributed by atoms with Gasteiger partial charge in [0.05, 0.1) is 5.41 Å². The SMILES string of the molecule is CC(C)(C(=O)N1C2CCNCC1CC2)c1ccc2c(c1)OCCO2. The summed E-state index contributed by atoms with van der Waals surface area (Å²) in [5, 5.41) is 3.47. The number of amides is 1. The number of benzene rings is 1. The monoisotopic (exact) mass is 330 g/mol. The smallest absolute Gasteiger partial charge is 0.233 e. The molecule has 1 aromatic carbocycles. The quantitative estimate of drug-likeness (QED) is 0.902. The van der Waals surface area contributed by atoms with Gasteiger partial charge >= 0.3 is 0 Å². The number of carbonyl (C=O) groups is 1. The predicted molar refractivity (Wildman–Crippen MR) is 91.6 cm³/mol. The second kappa shape index (κ2) is 5.96. The number of fused-ring (bicyclic) bond motifs is 3. The Morgan fingerprint density at radius 2 is 1.88 bits per heavy atom. The van der Waals surface area contributed by atoms with Gasteiger partial charge in [0.1, 0.15) is 13.2 Å². The first-order valence-corrected chi connectivity index (χ1v) is 9.01. The highest BCUT2D eigenvalue weighted by Gasteiger charge is 2.44. The Labute approximate surface area is 143 Å². The van der Waals surface area contributed by atoms with Crippen molar-refractivity contribution >= 4 is 5.91 Å². The van der Waals surface area contributed by atoms with Crippen molar-refractivity contribution in [3.05, 3.63) is 23.8 Å². The van der Waals surface area contributed by atoms with Crippen molar-refractivity contribution in [1.82, 2.24) is 10.2 Å². The second-order valence-electron chi connectivity index (χ2n) is 7.57. The van der Waals surface area contributed by atoms with Crippen molar-refractivity contribution in [2.45, 2.75) is 50.6 Å². The van der Waals surface area contributed by atoms with Gasteiger partial charge < -0.3 is 19.7 Å². The Hall–Kier alpha value is -1.75. The van der Waals surface area contributed by atoms with Gasteiger partial charge in [0.25, 0.3) is 0 Å². The van der Waals surface area contributed by atoms with Crippen LogP contribution in [-0.2, 0) is 10.2 Å². The van der Waals surface area contributed by atoms with Gasteiger partial charge in [-0.15, -0.1) is 0 Å². The maximum Gasteiger partial charge on any atom is 0.233 e. The third-order valence-electron chi connectivity index (χ3n) is 5.69. The van der Waals surface area contributed by atoms with Crippen LogP contribution >= 0.6 is 0 Å². The molecular weight excluding hydrogens is 304 g/mol. The number of nitrogens with zero attached hydrogens (tertiary/aromatic N) is 1. The van der Waals surface area contributed by atoms with Crippen LogP contribution in [0.15, 0.2) is 18.2 Å². The van der Waals surface area contributed by atoms with Crippen LogP contribution in [0, 0.1) is 0 Å². The summed E-state index contributed by atoms with van der Waals surface area (Å²) >= 11 is 0. The zero-order chi connectivity index (χ0) is 16.7. The van der Waals surface area contributed by atoms with Crippen LogP contribution < -0.4 is 14.8 Å². The summed E-state index contributed by atoms with van der Waals surface area (Å²) in [5.74, 6) is 1.75. The normalized spacial score (nSPS) is 26.2. The molecule has 2 fully saturated rings. The number of carbonyl (C=O) groups excluding carboxylic acids is 1. The molecule has 2 bridgehead atoms. The van der Waals surface area contributed by atoms with Crippen molar-refractivity contribution in [2.24, 2.45) is 0 Å². The molecule has 3 aliphatic rings. The van der Waals surface area contributed by atoms with Crippen molar-refractivity contribution in [3.63, 3.8) is 0 Å². The van der Waals surface area contributed by atoms with E-state index in [1.165, 1.54) is 0 Å². The standard InChI is InChI=1S/C19H26N2O3/c1-19(2,13-3-6-16-17(11-13)24-10-9-23-16)18(22)21-14-4-5-15(21)12-20-8-7-14/h3,6,11,14-15,20H,4-5,7-10,12H2,1-2H3. The van der Waals surface area contributed by atoms with Gasteiger partial charge in [-0.05, 0) is 57.4 Å². The fourth-order valence-electron chi connectivity index (χ4n) is 4.19. The fourth-order valence-corrected chi connectivity index (χ4v) is 4.19. The van der Waals surface area contributed by atoms with Gasteiger partial charge in [-0.25, -0.2) is 0 Å². The van der Waals surface area contributed by atoms with E-state index in [2.05, 4.69) is 10.2 Å². The molecule has 0 saturated carbocycles. The molecule has 130 valence electrons. The number of nitrogens with one attached hydrogen (secondary N) is 1. The molecule has 0 aliphatic carbocycles. The van der Waals surface area contributed by atoms with Gasteiger partial charge in [0.15, 0.2) is 11.5 Å². The van der Waals surface area contributed by atoms with Crippen molar-refractivity contribution in [2.75, 3.05) is 26.3 Å². The van der Waals surface area contributed by atoms with Crippen molar-refractivity contribution in [3.8, 4) is 11.5 Å². The molecule has 0 radical (unpaired) electrons. The number of rotatable bonds is 2. The topological polar surface area (TPSA) is 50.8 Å². The predicted octanol–water partition coefficient (Wildman–Crippen LogP) is 2.09. The molecular formula is C19H26N2O3. The summed E-state index contributed by atoms with van der Waals surface area (Å²) in [5.41, 5.74) is 0.425. The van der Waals surface area contributed by atoms with Crippen molar-refractivity contribution < 1.29 is 14.3 Å². The Morgan fingerprint density at radius 3 is 2.71 bits per heavy atom. The zero-order valence-corrected chi connectivity index (χ0v) is 14.5. The van der Waals surface area contributed by atoms with Crippen LogP contribution in [0.2, 0.25) is 0 Å². The van der Waals surface area contributed by atoms with Gasteiger partial charge in [0, 0.05) is 18.6 Å². The maximum absolute atomic E-state index is 13.4. The molecule has 1 aromatic rings. The van der Waals surface area contributed by atoms with Gasteiger partial charge in [-0.3, -0.25) is 4.79 Å². The summed E-state index contributed by atoms with van der Waals surface area (Å²) in [7, 11) is 0. The fraction of sp³-hybridized carbons (Fsp3) is 0.632. The van der Waals surface area contributed by atoms with E-state index >= 15 is 0 Å². The molecule has 1 N–H and O–H groups in total. The highest BCUT2D eigenvalue weighted by Crippen LogP contribution is 2.38. The molecule has 2 saturated heterocycles. The highest BCUT2D eigenvalue weighted by molar-refractivity contribution is 5.88. The minimum absolute atomic E-state index is 0.232. The van der Waals surface area contributed by atoms with E-state index in [9.17, 15) is 4.79 Å². The summed E-state index contributed by atoms with van der Waals surface area (Å²) in [6.45, 7) is 7.12. The lowest BCUT2D eigenvalue weighted by atomic mass is 9.82. The van der Waals surface area contributed by atoms with Crippen LogP contribution in [0.25, 0.3) is 0 Å². The van der Waals surface area contributed by atoms with E-state index in [-0.39, 0.29) is 5.91 Å². The minimum atomic E-state index is -0.568. The molecule has 0 spiro atoms. The summed E-state index contributed by atoms with van der Waals surface area (Å²) < 4.78 is 11.3. The lowest BCUT2D eigenvalue weighted by molar-refractivity contribution is -0.139. The molecule has 24 heavy (non-hydrogen) atoms. The van der Waals surface area contributed by atoms with Crippen LogP contribution in [0.3, 0.4) is 0 Å². The molecule has 3 heterocycles. The van der Waals surface area contributed by atoms with E-state index in [0.29, 0.717) is 25.3 Å². The first kappa shape index (κ1) is 15.8. The average molecular weight is 330 g/mol. The Kier molecular flexibility index (Phi) is 3.91. The summed E-state index contributed by atoms with van der Waals surface area (Å²) in [4.78, 5) is 15.6. The summed E-state index contributed by atoms with van der Waals surface area (Å²) in [6.07, 6.45) is 3.30. The summed E-state index contributed by atoms with van der Waals surface area (Å²) in [6, 6.07) is 6.63. The number of hydrogen-bond acceptors (Lipinski definition) is 4. The molecule has 4 rings (SSSR count). The third kappa shape index (κ3) is 2.55. The molecule has 2 unspecified atom stereocenters. The first-order chi connectivity index (χ1) is 11.6.